The molecule has 1 amide bonds. The summed E-state index contributed by atoms with van der Waals surface area (Å²) in [5.74, 6) is 1.03. The number of amides is 1. The van der Waals surface area contributed by atoms with Gasteiger partial charge in [-0.15, -0.1) is 0 Å². The van der Waals surface area contributed by atoms with E-state index in [0.717, 1.165) is 11.3 Å². The molecule has 1 saturated heterocycles. The van der Waals surface area contributed by atoms with Crippen LogP contribution in [0.25, 0.3) is 11.1 Å². The molecule has 27 heavy (non-hydrogen) atoms. The molecule has 139 valence electrons. The number of allylic oxidation sites excluding steroid dienone is 1. The van der Waals surface area contributed by atoms with Crippen molar-refractivity contribution in [2.24, 2.45) is 11.8 Å². The maximum atomic E-state index is 12.0. The van der Waals surface area contributed by atoms with Crippen LogP contribution < -0.4 is 10.1 Å². The molecule has 1 radical (unpaired) electrons. The van der Waals surface area contributed by atoms with E-state index in [1.165, 1.54) is 5.56 Å². The Morgan fingerprint density at radius 2 is 1.74 bits per heavy atom. The molecule has 1 fully saturated rings. The van der Waals surface area contributed by atoms with E-state index in [4.69, 9.17) is 9.47 Å². The van der Waals surface area contributed by atoms with Crippen LogP contribution in [-0.4, -0.2) is 25.7 Å². The molecule has 1 aliphatic rings. The van der Waals surface area contributed by atoms with Crippen molar-refractivity contribution in [3.63, 3.8) is 0 Å². The third-order valence-corrected chi connectivity index (χ3v) is 4.64. The molecule has 0 aliphatic carbocycles. The monoisotopic (exact) mass is 439 g/mol. The normalized spacial score (nSPS) is 18.9. The van der Waals surface area contributed by atoms with Crippen LogP contribution in [0.4, 0.5) is 0 Å². The minimum absolute atomic E-state index is 0. The zero-order valence-electron chi connectivity index (χ0n) is 15.3. The predicted octanol–water partition coefficient (Wildman–Crippen LogP) is 3.85. The van der Waals surface area contributed by atoms with Crippen molar-refractivity contribution in [2.45, 2.75) is 6.42 Å². The molecule has 1 aliphatic heterocycles. The van der Waals surface area contributed by atoms with Gasteiger partial charge < -0.3 is 14.8 Å². The van der Waals surface area contributed by atoms with Crippen molar-refractivity contribution >= 4 is 5.91 Å². The van der Waals surface area contributed by atoms with E-state index in [9.17, 15) is 4.79 Å². The number of rotatable bonds is 8. The minimum Gasteiger partial charge on any atom is -0.552 e. The third-order valence-electron chi connectivity index (χ3n) is 4.64. The van der Waals surface area contributed by atoms with E-state index >= 15 is 0 Å². The topological polar surface area (TPSA) is 47.6 Å². The van der Waals surface area contributed by atoms with Gasteiger partial charge in [0.25, 0.3) is 0 Å². The first-order valence-electron chi connectivity index (χ1n) is 8.86. The molecule has 0 bridgehead atoms. The van der Waals surface area contributed by atoms with E-state index in [-0.39, 0.29) is 50.5 Å². The number of carbonyl (C=O) groups is 1. The molecule has 2 atom stereocenters. The minimum atomic E-state index is -0.0559. The predicted molar refractivity (Wildman–Crippen MR) is 102 cm³/mol. The number of hydrogen-bond acceptors (Lipinski definition) is 3. The first-order chi connectivity index (χ1) is 12.8. The Kier molecular flexibility index (Phi) is 9.19. The van der Waals surface area contributed by atoms with Crippen LogP contribution in [0.5, 0.6) is 5.75 Å². The number of hydrogen-bond donors (Lipinski definition) is 1. The Morgan fingerprint density at radius 1 is 1.04 bits per heavy atom. The van der Waals surface area contributed by atoms with E-state index < -0.39 is 0 Å². The molecule has 1 N–H and O–H groups in total. The largest absolute Gasteiger partial charge is 0.552 e. The van der Waals surface area contributed by atoms with Crippen LogP contribution in [0.2, 0.25) is 0 Å². The fourth-order valence-electron chi connectivity index (χ4n) is 3.15. The second-order valence-electron chi connectivity index (χ2n) is 6.39. The number of benzene rings is 2. The molecule has 3 rings (SSSR count). The van der Waals surface area contributed by atoms with Crippen LogP contribution in [0.3, 0.4) is 0 Å². The summed E-state index contributed by atoms with van der Waals surface area (Å²) >= 11 is 0. The molecular weight excluding hydrogens is 415 g/mol. The maximum absolute atomic E-state index is 12.0. The van der Waals surface area contributed by atoms with Gasteiger partial charge in [-0.05, 0) is 29.7 Å². The summed E-state index contributed by atoms with van der Waals surface area (Å²) in [6.45, 7) is 1.64. The third kappa shape index (κ3) is 6.27. The van der Waals surface area contributed by atoms with Crippen molar-refractivity contribution < 1.29 is 47.0 Å². The van der Waals surface area contributed by atoms with Crippen LogP contribution in [0.1, 0.15) is 6.42 Å². The standard InChI is InChI=1S/C22H24NO3.Y/c1-25-14-6-5-9-21-19(15-23-22(21)24)16-26-20-12-10-18(11-13-20)17-7-3-2-4-8-17;/h2-8,10-13,19,21H,1,9,14-16H2,(H,23,24);/q-1;/b6-5-;/t19-,21-;/m1./s1. The Bertz CT molecular complexity index is 731. The molecular formula is C22H24NO3Y-. The van der Waals surface area contributed by atoms with Gasteiger partial charge in [-0.25, -0.2) is 7.11 Å². The zero-order chi connectivity index (χ0) is 18.2. The molecule has 4 nitrogen and oxygen atoms in total. The van der Waals surface area contributed by atoms with Crippen molar-refractivity contribution in [3.8, 4) is 16.9 Å². The fraction of sp³-hybridized carbons (Fsp3) is 0.273. The van der Waals surface area contributed by atoms with Crippen LogP contribution in [0.15, 0.2) is 66.7 Å². The molecule has 1 heterocycles. The van der Waals surface area contributed by atoms with Crippen molar-refractivity contribution in [3.05, 3.63) is 73.9 Å². The average molecular weight is 439 g/mol. The molecule has 0 spiro atoms. The van der Waals surface area contributed by atoms with Crippen LogP contribution in [-0.2, 0) is 42.2 Å². The molecule has 0 aromatic heterocycles. The first-order valence-corrected chi connectivity index (χ1v) is 8.86. The summed E-state index contributed by atoms with van der Waals surface area (Å²) in [5.41, 5.74) is 2.34. The first kappa shape index (κ1) is 21.8. The Labute approximate surface area is 186 Å². The Balaban J connectivity index is 0.00000261. The van der Waals surface area contributed by atoms with Crippen LogP contribution >= 0.6 is 0 Å². The smallest absolute Gasteiger partial charge is 0.223 e. The van der Waals surface area contributed by atoms with E-state index in [2.05, 4.69) is 36.7 Å². The van der Waals surface area contributed by atoms with E-state index in [1.54, 1.807) is 0 Å². The van der Waals surface area contributed by atoms with Crippen molar-refractivity contribution in [1.29, 1.82) is 0 Å². The van der Waals surface area contributed by atoms with Gasteiger partial charge in [0.2, 0.25) is 5.91 Å². The summed E-state index contributed by atoms with van der Waals surface area (Å²) in [4.78, 5) is 12.0. The number of carbonyl (C=O) groups excluding carboxylic acids is 1. The van der Waals surface area contributed by atoms with Gasteiger partial charge in [0, 0.05) is 57.7 Å². The second-order valence-corrected chi connectivity index (χ2v) is 6.39. The van der Waals surface area contributed by atoms with Gasteiger partial charge in [0.05, 0.1) is 6.61 Å². The average Bonchev–Trinajstić information content (AvgIpc) is 3.04. The van der Waals surface area contributed by atoms with Gasteiger partial charge in [0.15, 0.2) is 0 Å². The molecule has 5 heteroatoms. The summed E-state index contributed by atoms with van der Waals surface area (Å²) in [6.07, 6.45) is 4.55. The number of ether oxygens (including phenoxy) is 2. The summed E-state index contributed by atoms with van der Waals surface area (Å²) in [5, 5.41) is 2.93. The number of nitrogens with one attached hydrogen (secondary N) is 1. The Hall–Kier alpha value is -1.49. The molecule has 0 unspecified atom stereocenters. The van der Waals surface area contributed by atoms with Gasteiger partial charge >= 0.3 is 0 Å². The van der Waals surface area contributed by atoms with Crippen molar-refractivity contribution in [2.75, 3.05) is 19.8 Å². The van der Waals surface area contributed by atoms with Gasteiger partial charge in [0.1, 0.15) is 5.75 Å². The quantitative estimate of drug-likeness (QED) is 0.502. The second kappa shape index (κ2) is 11.4. The molecule has 2 aromatic rings. The summed E-state index contributed by atoms with van der Waals surface area (Å²) in [7, 11) is 3.32. The molecule has 2 aromatic carbocycles. The fourth-order valence-corrected chi connectivity index (χ4v) is 3.15. The maximum Gasteiger partial charge on any atom is 0.223 e. The van der Waals surface area contributed by atoms with Crippen molar-refractivity contribution in [1.82, 2.24) is 5.32 Å². The van der Waals surface area contributed by atoms with Gasteiger partial charge in [-0.3, -0.25) is 4.79 Å². The molecule has 0 saturated carbocycles. The van der Waals surface area contributed by atoms with Gasteiger partial charge in [-0.1, -0.05) is 54.6 Å². The van der Waals surface area contributed by atoms with Gasteiger partial charge in [-0.2, -0.15) is 0 Å². The zero-order valence-corrected chi connectivity index (χ0v) is 18.2. The summed E-state index contributed by atoms with van der Waals surface area (Å²) in [6, 6.07) is 18.3. The van der Waals surface area contributed by atoms with E-state index in [0.29, 0.717) is 26.2 Å². The van der Waals surface area contributed by atoms with E-state index in [1.807, 2.05) is 42.5 Å². The summed E-state index contributed by atoms with van der Waals surface area (Å²) < 4.78 is 10.7. The van der Waals surface area contributed by atoms with Crippen LogP contribution in [0, 0.1) is 18.9 Å². The Morgan fingerprint density at radius 3 is 2.44 bits per heavy atom. The SMILES string of the molecule is [CH2-]OC/C=C\C[C@H]1C(=O)NC[C@@H]1COc1ccc(-c2ccccc2)cc1.[Y].